The molecule has 0 fully saturated rings. The fourth-order valence-electron chi connectivity index (χ4n) is 2.33. The van der Waals surface area contributed by atoms with Gasteiger partial charge in [0.15, 0.2) is 0 Å². The van der Waals surface area contributed by atoms with Gasteiger partial charge in [-0.1, -0.05) is 18.2 Å². The second-order valence-electron chi connectivity index (χ2n) is 4.61. The summed E-state index contributed by atoms with van der Waals surface area (Å²) in [7, 11) is 0. The van der Waals surface area contributed by atoms with Crippen LogP contribution in [0.15, 0.2) is 41.8 Å². The van der Waals surface area contributed by atoms with Crippen molar-refractivity contribution in [3.63, 3.8) is 0 Å². The molecule has 0 radical (unpaired) electrons. The monoisotopic (exact) mass is 307 g/mol. The molecule has 3 rings (SSSR count). The summed E-state index contributed by atoms with van der Waals surface area (Å²) in [6.07, 6.45) is -0.776. The second kappa shape index (κ2) is 5.61. The van der Waals surface area contributed by atoms with Gasteiger partial charge in [-0.2, -0.15) is 0 Å². The van der Waals surface area contributed by atoms with Crippen LogP contribution in [0.3, 0.4) is 0 Å². The van der Waals surface area contributed by atoms with Gasteiger partial charge in [0.05, 0.1) is 6.10 Å². The predicted molar refractivity (Wildman–Crippen MR) is 82.9 cm³/mol. The zero-order chi connectivity index (χ0) is 14.1. The molecule has 0 saturated heterocycles. The Morgan fingerprint density at radius 2 is 2.00 bits per heavy atom. The number of halogens is 1. The van der Waals surface area contributed by atoms with Crippen molar-refractivity contribution < 1.29 is 9.50 Å². The van der Waals surface area contributed by atoms with E-state index in [-0.39, 0.29) is 12.4 Å². The van der Waals surface area contributed by atoms with E-state index in [1.165, 1.54) is 17.4 Å². The van der Waals surface area contributed by atoms with Crippen molar-refractivity contribution >= 4 is 32.1 Å². The smallest absolute Gasteiger partial charge is 0.126 e. The van der Waals surface area contributed by atoms with E-state index in [4.69, 9.17) is 5.73 Å². The minimum atomic E-state index is -0.776. The number of rotatable bonds is 4. The Morgan fingerprint density at radius 3 is 2.70 bits per heavy atom. The summed E-state index contributed by atoms with van der Waals surface area (Å²) in [5.74, 6) is -0.746. The van der Waals surface area contributed by atoms with Crippen molar-refractivity contribution in [2.45, 2.75) is 12.0 Å². The average Bonchev–Trinajstić information content (AvgIpc) is 3.02. The van der Waals surface area contributed by atoms with Gasteiger partial charge in [0, 0.05) is 26.7 Å². The summed E-state index contributed by atoms with van der Waals surface area (Å²) in [6.45, 7) is 0.202. The number of hydrogen-bond acceptors (Lipinski definition) is 4. The molecule has 2 atom stereocenters. The molecule has 2 nitrogen and oxygen atoms in total. The third-order valence-electron chi connectivity index (χ3n) is 3.39. The lowest BCUT2D eigenvalue weighted by molar-refractivity contribution is 0.149. The highest BCUT2D eigenvalue weighted by atomic mass is 32.1. The largest absolute Gasteiger partial charge is 0.387 e. The van der Waals surface area contributed by atoms with E-state index in [0.717, 1.165) is 14.3 Å². The van der Waals surface area contributed by atoms with Gasteiger partial charge in [-0.25, -0.2) is 4.39 Å². The number of thiophene rings is 2. The van der Waals surface area contributed by atoms with Gasteiger partial charge in [-0.3, -0.25) is 0 Å². The average molecular weight is 307 g/mol. The molecule has 0 saturated carbocycles. The lowest BCUT2D eigenvalue weighted by Gasteiger charge is -2.21. The van der Waals surface area contributed by atoms with Gasteiger partial charge in [0.1, 0.15) is 5.82 Å². The summed E-state index contributed by atoms with van der Waals surface area (Å²) in [5, 5.41) is 12.6. The Bertz CT molecular complexity index is 693. The van der Waals surface area contributed by atoms with Crippen LogP contribution in [0.1, 0.15) is 22.5 Å². The van der Waals surface area contributed by atoms with Crippen molar-refractivity contribution in [3.8, 4) is 0 Å². The molecule has 1 aromatic carbocycles. The first-order valence-corrected chi connectivity index (χ1v) is 8.00. The second-order valence-corrected chi connectivity index (χ2v) is 6.67. The first-order valence-electron chi connectivity index (χ1n) is 6.30. The molecule has 3 N–H and O–H groups in total. The third kappa shape index (κ3) is 2.38. The SMILES string of the molecule is NCC(c1ccccc1F)C(O)c1cc2sccc2s1. The highest BCUT2D eigenvalue weighted by Crippen LogP contribution is 2.39. The first kappa shape index (κ1) is 13.7. The molecule has 0 spiro atoms. The summed E-state index contributed by atoms with van der Waals surface area (Å²) in [5.41, 5.74) is 6.23. The van der Waals surface area contributed by atoms with Crippen molar-refractivity contribution in [3.05, 3.63) is 58.0 Å². The van der Waals surface area contributed by atoms with Crippen LogP contribution in [-0.4, -0.2) is 11.7 Å². The minimum absolute atomic E-state index is 0.202. The molecule has 0 aliphatic rings. The molecule has 104 valence electrons. The van der Waals surface area contributed by atoms with E-state index in [1.54, 1.807) is 29.5 Å². The molecule has 5 heteroatoms. The van der Waals surface area contributed by atoms with E-state index in [0.29, 0.717) is 5.56 Å². The maximum absolute atomic E-state index is 13.9. The number of nitrogens with two attached hydrogens (primary N) is 1. The van der Waals surface area contributed by atoms with Crippen LogP contribution in [0.25, 0.3) is 9.40 Å². The highest BCUT2D eigenvalue weighted by Gasteiger charge is 2.25. The normalized spacial score (nSPS) is 14.6. The topological polar surface area (TPSA) is 46.2 Å². The summed E-state index contributed by atoms with van der Waals surface area (Å²) >= 11 is 3.18. The molecule has 2 unspecified atom stereocenters. The van der Waals surface area contributed by atoms with Crippen LogP contribution in [-0.2, 0) is 0 Å². The van der Waals surface area contributed by atoms with Gasteiger partial charge >= 0.3 is 0 Å². The van der Waals surface area contributed by atoms with Crippen molar-refractivity contribution in [2.75, 3.05) is 6.54 Å². The van der Waals surface area contributed by atoms with E-state index in [2.05, 4.69) is 0 Å². The van der Waals surface area contributed by atoms with E-state index >= 15 is 0 Å². The van der Waals surface area contributed by atoms with E-state index in [9.17, 15) is 9.50 Å². The maximum atomic E-state index is 13.9. The van der Waals surface area contributed by atoms with Gasteiger partial charge < -0.3 is 10.8 Å². The quantitative estimate of drug-likeness (QED) is 0.768. The Morgan fingerprint density at radius 1 is 1.20 bits per heavy atom. The van der Waals surface area contributed by atoms with Crippen LogP contribution < -0.4 is 5.73 Å². The molecule has 0 aliphatic carbocycles. The fourth-order valence-corrected chi connectivity index (χ4v) is 4.50. The van der Waals surface area contributed by atoms with Crippen LogP contribution >= 0.6 is 22.7 Å². The highest BCUT2D eigenvalue weighted by molar-refractivity contribution is 7.26. The lowest BCUT2D eigenvalue weighted by atomic mass is 9.92. The van der Waals surface area contributed by atoms with Crippen LogP contribution in [0.4, 0.5) is 4.39 Å². The predicted octanol–water partition coefficient (Wildman–Crippen LogP) is 3.88. The molecule has 0 amide bonds. The molecule has 0 bridgehead atoms. The number of benzene rings is 1. The van der Waals surface area contributed by atoms with Crippen LogP contribution in [0.5, 0.6) is 0 Å². The third-order valence-corrected chi connectivity index (χ3v) is 5.55. The van der Waals surface area contributed by atoms with Gasteiger partial charge in [0.2, 0.25) is 0 Å². The summed E-state index contributed by atoms with van der Waals surface area (Å²) < 4.78 is 16.2. The van der Waals surface area contributed by atoms with Gasteiger partial charge in [-0.05, 0) is 29.1 Å². The van der Waals surface area contributed by atoms with Crippen molar-refractivity contribution in [2.24, 2.45) is 5.73 Å². The van der Waals surface area contributed by atoms with Crippen LogP contribution in [0.2, 0.25) is 0 Å². The summed E-state index contributed by atoms with van der Waals surface area (Å²) in [4.78, 5) is 0.838. The van der Waals surface area contributed by atoms with E-state index < -0.39 is 12.0 Å². The molecule has 20 heavy (non-hydrogen) atoms. The molecule has 0 aliphatic heterocycles. The minimum Gasteiger partial charge on any atom is -0.387 e. The first-order chi connectivity index (χ1) is 9.70. The molecule has 2 heterocycles. The number of fused-ring (bicyclic) bond motifs is 1. The Kier molecular flexibility index (Phi) is 3.85. The number of aliphatic hydroxyl groups excluding tert-OH is 1. The Hall–Kier alpha value is -1.27. The zero-order valence-corrected chi connectivity index (χ0v) is 12.3. The van der Waals surface area contributed by atoms with E-state index in [1.807, 2.05) is 17.5 Å². The molecular weight excluding hydrogens is 293 g/mol. The van der Waals surface area contributed by atoms with Crippen molar-refractivity contribution in [1.82, 2.24) is 0 Å². The fraction of sp³-hybridized carbons (Fsp3) is 0.200. The van der Waals surface area contributed by atoms with Crippen LogP contribution in [0, 0.1) is 5.82 Å². The van der Waals surface area contributed by atoms with Gasteiger partial charge in [0.25, 0.3) is 0 Å². The maximum Gasteiger partial charge on any atom is 0.126 e. The van der Waals surface area contributed by atoms with Crippen molar-refractivity contribution in [1.29, 1.82) is 0 Å². The Labute approximate surface area is 124 Å². The number of hydrogen-bond donors (Lipinski definition) is 2. The standard InChI is InChI=1S/C15H14FNOS2/c16-11-4-2-1-3-9(11)10(8-17)15(18)14-7-13-12(20-14)5-6-19-13/h1-7,10,15,18H,8,17H2. The number of aliphatic hydroxyl groups is 1. The lowest BCUT2D eigenvalue weighted by Crippen LogP contribution is -2.20. The molecule has 3 aromatic rings. The zero-order valence-electron chi connectivity index (χ0n) is 10.6. The summed E-state index contributed by atoms with van der Waals surface area (Å²) in [6, 6.07) is 10.5. The van der Waals surface area contributed by atoms with Gasteiger partial charge in [-0.15, -0.1) is 22.7 Å². The Balaban J connectivity index is 1.96. The molecule has 2 aromatic heterocycles. The molecular formula is C15H14FNOS2.